The molecule has 110 valence electrons. The number of alkyl halides is 3. The van der Waals surface area contributed by atoms with Gasteiger partial charge in [0.05, 0.1) is 17.2 Å². The fourth-order valence-electron chi connectivity index (χ4n) is 3.62. The summed E-state index contributed by atoms with van der Waals surface area (Å²) in [7, 11) is 0. The molecule has 1 saturated heterocycles. The maximum Gasteiger partial charge on any atom is 0.452 e. The third-order valence-electron chi connectivity index (χ3n) is 4.49. The Bertz CT molecular complexity index is 647. The molecule has 3 rings (SSSR count). The lowest BCUT2D eigenvalue weighted by molar-refractivity contribution is -0.179. The number of nitrogens with one attached hydrogen (secondary N) is 1. The van der Waals surface area contributed by atoms with E-state index in [1.54, 1.807) is 18.2 Å². The van der Waals surface area contributed by atoms with Crippen molar-refractivity contribution in [3.05, 3.63) is 34.9 Å². The first kappa shape index (κ1) is 14.1. The maximum atomic E-state index is 13.0. The second-order valence-electron chi connectivity index (χ2n) is 5.62. The fourth-order valence-corrected chi connectivity index (χ4v) is 3.62. The summed E-state index contributed by atoms with van der Waals surface area (Å²) in [4.78, 5) is 12.0. The zero-order valence-corrected chi connectivity index (χ0v) is 11.1. The molecule has 1 aromatic rings. The van der Waals surface area contributed by atoms with Gasteiger partial charge in [0.2, 0.25) is 0 Å². The quantitative estimate of drug-likeness (QED) is 0.865. The minimum absolute atomic E-state index is 0.0387. The Morgan fingerprint density at radius 2 is 2.19 bits per heavy atom. The van der Waals surface area contributed by atoms with Crippen LogP contribution in [-0.4, -0.2) is 24.0 Å². The number of nitriles is 1. The summed E-state index contributed by atoms with van der Waals surface area (Å²) >= 11 is 0. The molecular weight excluding hydrogens is 281 g/mol. The monoisotopic (exact) mass is 294 g/mol. The van der Waals surface area contributed by atoms with Crippen LogP contribution in [0.15, 0.2) is 18.2 Å². The standard InChI is InChI=1S/C15H13F3N2O/c16-15(17,18)13(21)14-7-10-4-3-9(8-19)6-11(10)12(14)2-1-5-20-14/h3-4,6,12,20H,1-2,5,7H2. The number of piperidine rings is 1. The van der Waals surface area contributed by atoms with Crippen molar-refractivity contribution in [1.29, 1.82) is 5.26 Å². The average molecular weight is 294 g/mol. The molecule has 3 nitrogen and oxygen atoms in total. The number of benzene rings is 1. The number of carbonyl (C=O) groups is 1. The molecule has 0 saturated carbocycles. The normalized spacial score (nSPS) is 27.6. The van der Waals surface area contributed by atoms with Gasteiger partial charge in [-0.05, 0) is 49.1 Å². The molecular formula is C15H13F3N2O. The van der Waals surface area contributed by atoms with Crippen molar-refractivity contribution in [2.24, 2.45) is 0 Å². The highest BCUT2D eigenvalue weighted by Gasteiger charge is 2.60. The van der Waals surface area contributed by atoms with Gasteiger partial charge in [-0.1, -0.05) is 6.07 Å². The predicted molar refractivity (Wildman–Crippen MR) is 68.6 cm³/mol. The second kappa shape index (κ2) is 4.57. The van der Waals surface area contributed by atoms with Gasteiger partial charge in [0.25, 0.3) is 5.78 Å². The Hall–Kier alpha value is -1.87. The molecule has 1 aliphatic heterocycles. The van der Waals surface area contributed by atoms with Crippen LogP contribution >= 0.6 is 0 Å². The summed E-state index contributed by atoms with van der Waals surface area (Å²) in [6.07, 6.45) is -3.58. The molecule has 0 aromatic heterocycles. The van der Waals surface area contributed by atoms with Gasteiger partial charge >= 0.3 is 6.18 Å². The van der Waals surface area contributed by atoms with Gasteiger partial charge in [-0.2, -0.15) is 18.4 Å². The van der Waals surface area contributed by atoms with E-state index in [2.05, 4.69) is 5.32 Å². The molecule has 0 spiro atoms. The van der Waals surface area contributed by atoms with Crippen molar-refractivity contribution in [3.63, 3.8) is 0 Å². The molecule has 1 aliphatic carbocycles. The molecule has 0 bridgehead atoms. The van der Waals surface area contributed by atoms with Crippen LogP contribution < -0.4 is 5.32 Å². The first-order valence-corrected chi connectivity index (χ1v) is 6.78. The molecule has 6 heteroatoms. The van der Waals surface area contributed by atoms with Crippen molar-refractivity contribution in [1.82, 2.24) is 5.32 Å². The van der Waals surface area contributed by atoms with E-state index in [1.165, 1.54) is 0 Å². The van der Waals surface area contributed by atoms with Crippen LogP contribution in [0.5, 0.6) is 0 Å². The summed E-state index contributed by atoms with van der Waals surface area (Å²) in [5, 5.41) is 11.8. The van der Waals surface area contributed by atoms with Gasteiger partial charge in [-0.3, -0.25) is 4.79 Å². The minimum atomic E-state index is -4.86. The molecule has 0 radical (unpaired) electrons. The first-order valence-electron chi connectivity index (χ1n) is 6.78. The summed E-state index contributed by atoms with van der Waals surface area (Å²) in [6, 6.07) is 6.87. The van der Waals surface area contributed by atoms with Crippen LogP contribution in [0.2, 0.25) is 0 Å². The number of fused-ring (bicyclic) bond motifs is 3. The highest BCUT2D eigenvalue weighted by atomic mass is 19.4. The number of carbonyl (C=O) groups excluding carboxylic acids is 1. The Kier molecular flexibility index (Phi) is 3.06. The molecule has 2 unspecified atom stereocenters. The lowest BCUT2D eigenvalue weighted by Crippen LogP contribution is -2.61. The molecule has 2 aliphatic rings. The van der Waals surface area contributed by atoms with Gasteiger partial charge in [-0.15, -0.1) is 0 Å². The van der Waals surface area contributed by atoms with Gasteiger partial charge in [0.1, 0.15) is 0 Å². The number of hydrogen-bond acceptors (Lipinski definition) is 3. The molecule has 21 heavy (non-hydrogen) atoms. The average Bonchev–Trinajstić information content (AvgIpc) is 2.79. The molecule has 2 atom stereocenters. The second-order valence-corrected chi connectivity index (χ2v) is 5.62. The Morgan fingerprint density at radius 1 is 1.43 bits per heavy atom. The summed E-state index contributed by atoms with van der Waals surface area (Å²) in [6.45, 7) is 0.400. The largest absolute Gasteiger partial charge is 0.452 e. The van der Waals surface area contributed by atoms with E-state index in [1.807, 2.05) is 6.07 Å². The fraction of sp³-hybridized carbons (Fsp3) is 0.467. The van der Waals surface area contributed by atoms with Crippen LogP contribution in [-0.2, 0) is 11.2 Å². The molecule has 1 fully saturated rings. The minimum Gasteiger partial charge on any atom is -0.304 e. The zero-order valence-electron chi connectivity index (χ0n) is 11.1. The SMILES string of the molecule is N#Cc1ccc2c(c1)C1CCCNC1(C(=O)C(F)(F)F)C2. The van der Waals surface area contributed by atoms with Gasteiger partial charge in [0, 0.05) is 5.92 Å². The molecule has 1 N–H and O–H groups in total. The third-order valence-corrected chi connectivity index (χ3v) is 4.49. The predicted octanol–water partition coefficient (Wildman–Crippen LogP) is 2.45. The van der Waals surface area contributed by atoms with E-state index in [-0.39, 0.29) is 6.42 Å². The van der Waals surface area contributed by atoms with Crippen LogP contribution in [0.3, 0.4) is 0 Å². The molecule has 1 aromatic carbocycles. The Morgan fingerprint density at radius 3 is 2.86 bits per heavy atom. The third kappa shape index (κ3) is 2.04. The first-order chi connectivity index (χ1) is 9.88. The van der Waals surface area contributed by atoms with Gasteiger partial charge in [0.15, 0.2) is 0 Å². The number of hydrogen-bond donors (Lipinski definition) is 1. The maximum absolute atomic E-state index is 13.0. The number of nitrogens with zero attached hydrogens (tertiary/aromatic N) is 1. The summed E-state index contributed by atoms with van der Waals surface area (Å²) in [5.41, 5.74) is 0.256. The number of Topliss-reactive ketones (excluding diaryl/α,β-unsaturated/α-hetero) is 1. The zero-order chi connectivity index (χ0) is 15.3. The summed E-state index contributed by atoms with van der Waals surface area (Å²) in [5.74, 6) is -2.21. The Balaban J connectivity index is 2.10. The van der Waals surface area contributed by atoms with E-state index in [0.717, 1.165) is 5.56 Å². The lowest BCUT2D eigenvalue weighted by atomic mass is 9.75. The van der Waals surface area contributed by atoms with Gasteiger partial charge < -0.3 is 5.32 Å². The van der Waals surface area contributed by atoms with Crippen LogP contribution in [0.1, 0.15) is 35.4 Å². The molecule has 1 heterocycles. The number of ketones is 1. The molecule has 0 amide bonds. The van der Waals surface area contributed by atoms with E-state index >= 15 is 0 Å². The van der Waals surface area contributed by atoms with E-state index in [0.29, 0.717) is 30.5 Å². The van der Waals surface area contributed by atoms with Crippen molar-refractivity contribution in [2.45, 2.75) is 36.9 Å². The van der Waals surface area contributed by atoms with E-state index < -0.39 is 23.4 Å². The van der Waals surface area contributed by atoms with Crippen LogP contribution in [0, 0.1) is 11.3 Å². The van der Waals surface area contributed by atoms with Crippen molar-refractivity contribution < 1.29 is 18.0 Å². The number of rotatable bonds is 1. The van der Waals surface area contributed by atoms with E-state index in [9.17, 15) is 18.0 Å². The van der Waals surface area contributed by atoms with Crippen LogP contribution in [0.4, 0.5) is 13.2 Å². The Labute approximate surface area is 119 Å². The van der Waals surface area contributed by atoms with Crippen molar-refractivity contribution in [2.75, 3.05) is 6.54 Å². The van der Waals surface area contributed by atoms with Crippen LogP contribution in [0.25, 0.3) is 0 Å². The van der Waals surface area contributed by atoms with Crippen molar-refractivity contribution in [3.8, 4) is 6.07 Å². The highest BCUT2D eigenvalue weighted by Crippen LogP contribution is 2.48. The van der Waals surface area contributed by atoms with Gasteiger partial charge in [-0.25, -0.2) is 0 Å². The van der Waals surface area contributed by atoms with Crippen molar-refractivity contribution >= 4 is 5.78 Å². The summed E-state index contributed by atoms with van der Waals surface area (Å²) < 4.78 is 39.0. The lowest BCUT2D eigenvalue weighted by Gasteiger charge is -2.39. The topological polar surface area (TPSA) is 52.9 Å². The van der Waals surface area contributed by atoms with E-state index in [4.69, 9.17) is 5.26 Å². The number of halogens is 3. The smallest absolute Gasteiger partial charge is 0.304 e. The highest BCUT2D eigenvalue weighted by molar-refractivity contribution is 5.95.